The molecule has 110 valence electrons. The highest BCUT2D eigenvalue weighted by Crippen LogP contribution is 2.45. The van der Waals surface area contributed by atoms with Gasteiger partial charge in [-0.25, -0.2) is 4.79 Å². The number of piperidine rings is 1. The van der Waals surface area contributed by atoms with Gasteiger partial charge in [0.15, 0.2) is 0 Å². The molecule has 0 spiro atoms. The van der Waals surface area contributed by atoms with Crippen molar-refractivity contribution in [2.45, 2.75) is 65.6 Å². The molecule has 1 aliphatic heterocycles. The molecule has 2 unspecified atom stereocenters. The van der Waals surface area contributed by atoms with Crippen LogP contribution in [0.3, 0.4) is 0 Å². The van der Waals surface area contributed by atoms with E-state index < -0.39 is 11.1 Å². The van der Waals surface area contributed by atoms with E-state index in [2.05, 4.69) is 6.58 Å². The smallest absolute Gasteiger partial charge is 0.333 e. The first-order valence-corrected chi connectivity index (χ1v) is 6.79. The second kappa shape index (κ2) is 4.91. The van der Waals surface area contributed by atoms with Crippen LogP contribution in [0.5, 0.6) is 0 Å². The molecule has 1 rings (SSSR count). The Morgan fingerprint density at radius 2 is 1.53 bits per heavy atom. The molecule has 1 aliphatic rings. The monoisotopic (exact) mass is 269 g/mol. The Kier molecular flexibility index (Phi) is 4.18. The highest BCUT2D eigenvalue weighted by atomic mass is 16.5. The summed E-state index contributed by atoms with van der Waals surface area (Å²) in [4.78, 5) is 11.8. The first kappa shape index (κ1) is 16.2. The fraction of sp³-hybridized carbons (Fsp3) is 0.800. The summed E-state index contributed by atoms with van der Waals surface area (Å²) in [6, 6.07) is 0. The number of hydroxylamine groups is 2. The van der Waals surface area contributed by atoms with Gasteiger partial charge in [0.05, 0.1) is 0 Å². The quantitative estimate of drug-likeness (QED) is 0.618. The van der Waals surface area contributed by atoms with Crippen molar-refractivity contribution >= 4 is 5.97 Å². The molecular formula is C15H27NO3. The Balaban J connectivity index is 3.10. The molecule has 0 bridgehead atoms. The van der Waals surface area contributed by atoms with Gasteiger partial charge in [-0.2, -0.15) is 5.06 Å². The minimum absolute atomic E-state index is 0.0174. The number of hydrogen-bond donors (Lipinski definition) is 1. The van der Waals surface area contributed by atoms with Gasteiger partial charge in [-0.3, -0.25) is 0 Å². The predicted octanol–water partition coefficient (Wildman–Crippen LogP) is 3.01. The molecule has 1 fully saturated rings. The lowest BCUT2D eigenvalue weighted by Crippen LogP contribution is -2.69. The van der Waals surface area contributed by atoms with Crippen LogP contribution in [-0.4, -0.2) is 33.4 Å². The summed E-state index contributed by atoms with van der Waals surface area (Å²) in [7, 11) is 0. The Labute approximate surface area is 116 Å². The Morgan fingerprint density at radius 1 is 1.16 bits per heavy atom. The van der Waals surface area contributed by atoms with E-state index in [-0.39, 0.29) is 23.9 Å². The fourth-order valence-electron chi connectivity index (χ4n) is 2.79. The van der Waals surface area contributed by atoms with Crippen LogP contribution in [0.4, 0.5) is 0 Å². The maximum absolute atomic E-state index is 11.8. The number of carbonyl (C=O) groups is 1. The molecule has 0 radical (unpaired) electrons. The largest absolute Gasteiger partial charge is 0.458 e. The van der Waals surface area contributed by atoms with Crippen molar-refractivity contribution in [3.8, 4) is 0 Å². The zero-order valence-corrected chi connectivity index (χ0v) is 13.2. The van der Waals surface area contributed by atoms with E-state index in [1.807, 2.05) is 41.5 Å². The molecule has 2 atom stereocenters. The van der Waals surface area contributed by atoms with Crippen LogP contribution < -0.4 is 0 Å². The molecule has 4 nitrogen and oxygen atoms in total. The first-order valence-electron chi connectivity index (χ1n) is 6.79. The third-order valence-electron chi connectivity index (χ3n) is 4.90. The average Bonchev–Trinajstić information content (AvgIpc) is 2.31. The van der Waals surface area contributed by atoms with E-state index in [0.717, 1.165) is 0 Å². The van der Waals surface area contributed by atoms with Gasteiger partial charge in [0.2, 0.25) is 0 Å². The van der Waals surface area contributed by atoms with Crippen LogP contribution >= 0.6 is 0 Å². The summed E-state index contributed by atoms with van der Waals surface area (Å²) in [5, 5.41) is 11.8. The van der Waals surface area contributed by atoms with Crippen molar-refractivity contribution in [3.63, 3.8) is 0 Å². The molecule has 19 heavy (non-hydrogen) atoms. The minimum atomic E-state index is -0.462. The second-order valence-electron chi connectivity index (χ2n) is 6.85. The Hall–Kier alpha value is -0.870. The minimum Gasteiger partial charge on any atom is -0.458 e. The summed E-state index contributed by atoms with van der Waals surface area (Å²) in [5.74, 6) is -0.325. The zero-order chi connectivity index (χ0) is 15.2. The van der Waals surface area contributed by atoms with Gasteiger partial charge < -0.3 is 9.94 Å². The van der Waals surface area contributed by atoms with Gasteiger partial charge in [0.1, 0.15) is 6.10 Å². The average molecular weight is 269 g/mol. The SMILES string of the molecule is C=C(C)C(=O)OC1C(C)C(C)(C)N(O)C(C)(C)C1C. The maximum Gasteiger partial charge on any atom is 0.333 e. The zero-order valence-electron chi connectivity index (χ0n) is 13.2. The highest BCUT2D eigenvalue weighted by molar-refractivity contribution is 5.87. The normalized spacial score (nSPS) is 33.8. The van der Waals surface area contributed by atoms with Crippen molar-refractivity contribution in [1.29, 1.82) is 0 Å². The fourth-order valence-corrected chi connectivity index (χ4v) is 2.79. The molecule has 1 N–H and O–H groups in total. The second-order valence-corrected chi connectivity index (χ2v) is 6.85. The van der Waals surface area contributed by atoms with Crippen molar-refractivity contribution in [2.24, 2.45) is 11.8 Å². The number of hydrogen-bond acceptors (Lipinski definition) is 4. The first-order chi connectivity index (χ1) is 8.44. The summed E-state index contributed by atoms with van der Waals surface area (Å²) in [5.41, 5.74) is -0.520. The van der Waals surface area contributed by atoms with E-state index in [1.165, 1.54) is 5.06 Å². The number of esters is 1. The van der Waals surface area contributed by atoms with Crippen molar-refractivity contribution in [1.82, 2.24) is 5.06 Å². The number of ether oxygens (including phenoxy) is 1. The van der Waals surface area contributed by atoms with Crippen LogP contribution in [0.2, 0.25) is 0 Å². The van der Waals surface area contributed by atoms with Crippen molar-refractivity contribution < 1.29 is 14.7 Å². The molecule has 4 heteroatoms. The molecular weight excluding hydrogens is 242 g/mol. The van der Waals surface area contributed by atoms with Crippen LogP contribution in [-0.2, 0) is 9.53 Å². The highest BCUT2D eigenvalue weighted by Gasteiger charge is 2.55. The Bertz CT molecular complexity index is 365. The summed E-state index contributed by atoms with van der Waals surface area (Å²) in [6.07, 6.45) is -0.238. The molecule has 0 amide bonds. The lowest BCUT2D eigenvalue weighted by Gasteiger charge is -2.57. The van der Waals surface area contributed by atoms with Crippen LogP contribution in [0.25, 0.3) is 0 Å². The standard InChI is InChI=1S/C15H27NO3/c1-9(2)13(17)19-12-10(3)14(5,6)16(18)15(7,8)11(12)4/h10-12,18H,1H2,2-8H3. The van der Waals surface area contributed by atoms with Crippen LogP contribution in [0.15, 0.2) is 12.2 Å². The molecule has 1 saturated heterocycles. The van der Waals surface area contributed by atoms with Gasteiger partial charge in [-0.15, -0.1) is 0 Å². The van der Waals surface area contributed by atoms with Gasteiger partial charge >= 0.3 is 5.97 Å². The van der Waals surface area contributed by atoms with Gasteiger partial charge in [0, 0.05) is 28.5 Å². The summed E-state index contributed by atoms with van der Waals surface area (Å²) < 4.78 is 5.62. The van der Waals surface area contributed by atoms with Gasteiger partial charge in [-0.1, -0.05) is 20.4 Å². The number of nitrogens with zero attached hydrogens (tertiary/aromatic N) is 1. The lowest BCUT2D eigenvalue weighted by molar-refractivity contribution is -0.295. The van der Waals surface area contributed by atoms with Crippen molar-refractivity contribution in [3.05, 3.63) is 12.2 Å². The molecule has 0 aromatic heterocycles. The summed E-state index contributed by atoms with van der Waals surface area (Å²) in [6.45, 7) is 17.1. The topological polar surface area (TPSA) is 49.8 Å². The predicted molar refractivity (Wildman–Crippen MR) is 74.8 cm³/mol. The van der Waals surface area contributed by atoms with E-state index in [0.29, 0.717) is 5.57 Å². The van der Waals surface area contributed by atoms with E-state index in [1.54, 1.807) is 6.92 Å². The van der Waals surface area contributed by atoms with Gasteiger partial charge in [0.25, 0.3) is 0 Å². The van der Waals surface area contributed by atoms with E-state index in [4.69, 9.17) is 4.74 Å². The lowest BCUT2D eigenvalue weighted by atomic mass is 9.67. The van der Waals surface area contributed by atoms with Crippen LogP contribution in [0, 0.1) is 11.8 Å². The molecule has 0 aliphatic carbocycles. The van der Waals surface area contributed by atoms with Crippen LogP contribution in [0.1, 0.15) is 48.5 Å². The maximum atomic E-state index is 11.8. The number of carbonyl (C=O) groups excluding carboxylic acids is 1. The molecule has 0 saturated carbocycles. The third-order valence-corrected chi connectivity index (χ3v) is 4.90. The molecule has 1 heterocycles. The third kappa shape index (κ3) is 2.56. The van der Waals surface area contributed by atoms with E-state index in [9.17, 15) is 10.0 Å². The van der Waals surface area contributed by atoms with Gasteiger partial charge in [-0.05, 0) is 34.6 Å². The van der Waals surface area contributed by atoms with Crippen molar-refractivity contribution in [2.75, 3.05) is 0 Å². The van der Waals surface area contributed by atoms with E-state index >= 15 is 0 Å². The molecule has 0 aromatic carbocycles. The number of rotatable bonds is 2. The molecule has 0 aromatic rings. The summed E-state index contributed by atoms with van der Waals surface area (Å²) >= 11 is 0. The Morgan fingerprint density at radius 3 is 1.84 bits per heavy atom.